The maximum atomic E-state index is 14.8. The Morgan fingerprint density at radius 3 is 2.89 bits per heavy atom. The molecule has 4 aromatic rings. The van der Waals surface area contributed by atoms with Gasteiger partial charge in [-0.25, -0.2) is 19.0 Å². The second kappa shape index (κ2) is 10.0. The number of halogens is 2. The highest BCUT2D eigenvalue weighted by molar-refractivity contribution is 9.10. The third-order valence-corrected chi connectivity index (χ3v) is 8.38. The van der Waals surface area contributed by atoms with Crippen LogP contribution in [0, 0.1) is 23.6 Å². The van der Waals surface area contributed by atoms with Gasteiger partial charge in [-0.2, -0.15) is 5.10 Å². The number of benzene rings is 1. The summed E-state index contributed by atoms with van der Waals surface area (Å²) in [5.41, 5.74) is 1.45. The molecule has 4 heterocycles. The SMILES string of the molecule is CNC(=O)C1CCN(C(=O)[C@@H]2CC[C@@H](Cc3ncc4c(Br)nn(-c5cc(F)c6ncccc6c5)c4n3)C2)C1. The van der Waals surface area contributed by atoms with Gasteiger partial charge in [0.05, 0.1) is 17.0 Å². The van der Waals surface area contributed by atoms with Crippen LogP contribution >= 0.6 is 15.9 Å². The number of hydrogen-bond donors (Lipinski definition) is 1. The summed E-state index contributed by atoms with van der Waals surface area (Å²) < 4.78 is 17.0. The van der Waals surface area contributed by atoms with Crippen molar-refractivity contribution in [3.8, 4) is 5.69 Å². The van der Waals surface area contributed by atoms with Crippen LogP contribution in [0.25, 0.3) is 27.6 Å². The van der Waals surface area contributed by atoms with Crippen LogP contribution in [0.5, 0.6) is 0 Å². The van der Waals surface area contributed by atoms with E-state index in [0.29, 0.717) is 58.1 Å². The fraction of sp³-hybridized carbons (Fsp3) is 0.407. The minimum Gasteiger partial charge on any atom is -0.359 e. The van der Waals surface area contributed by atoms with Crippen LogP contribution in [0.15, 0.2) is 41.3 Å². The summed E-state index contributed by atoms with van der Waals surface area (Å²) >= 11 is 3.48. The lowest BCUT2D eigenvalue weighted by molar-refractivity contribution is -0.134. The lowest BCUT2D eigenvalue weighted by Gasteiger charge is -2.20. The van der Waals surface area contributed by atoms with Crippen LogP contribution in [0.4, 0.5) is 4.39 Å². The molecule has 196 valence electrons. The van der Waals surface area contributed by atoms with Gasteiger partial charge >= 0.3 is 0 Å². The van der Waals surface area contributed by atoms with E-state index in [9.17, 15) is 14.0 Å². The number of rotatable bonds is 5. The monoisotopic (exact) mass is 579 g/mol. The van der Waals surface area contributed by atoms with Crippen molar-refractivity contribution in [1.82, 2.24) is 34.9 Å². The molecule has 9 nitrogen and oxygen atoms in total. The smallest absolute Gasteiger partial charge is 0.225 e. The lowest BCUT2D eigenvalue weighted by atomic mass is 10.0. The lowest BCUT2D eigenvalue weighted by Crippen LogP contribution is -2.36. The molecule has 2 fully saturated rings. The number of carbonyl (C=O) groups excluding carboxylic acids is 2. The summed E-state index contributed by atoms with van der Waals surface area (Å²) in [7, 11) is 1.64. The van der Waals surface area contributed by atoms with Crippen molar-refractivity contribution in [1.29, 1.82) is 0 Å². The largest absolute Gasteiger partial charge is 0.359 e. The molecule has 6 rings (SSSR count). The van der Waals surface area contributed by atoms with Crippen molar-refractivity contribution < 1.29 is 14.0 Å². The van der Waals surface area contributed by atoms with Crippen LogP contribution in [-0.2, 0) is 16.0 Å². The fourth-order valence-corrected chi connectivity index (χ4v) is 6.26. The zero-order valence-electron chi connectivity index (χ0n) is 20.9. The van der Waals surface area contributed by atoms with E-state index in [2.05, 4.69) is 36.3 Å². The van der Waals surface area contributed by atoms with Gasteiger partial charge in [0.1, 0.15) is 15.9 Å². The van der Waals surface area contributed by atoms with Crippen molar-refractivity contribution >= 4 is 49.7 Å². The van der Waals surface area contributed by atoms with Gasteiger partial charge in [-0.3, -0.25) is 14.6 Å². The van der Waals surface area contributed by atoms with E-state index in [1.807, 2.05) is 17.0 Å². The first-order chi connectivity index (χ1) is 18.4. The van der Waals surface area contributed by atoms with Crippen LogP contribution in [0.1, 0.15) is 31.5 Å². The average molecular weight is 580 g/mol. The first kappa shape index (κ1) is 24.8. The number of pyridine rings is 1. The predicted molar refractivity (Wildman–Crippen MR) is 143 cm³/mol. The number of hydrogen-bond acceptors (Lipinski definition) is 6. The minimum atomic E-state index is -0.423. The molecule has 2 amide bonds. The number of likely N-dealkylation sites (tertiary alicyclic amines) is 1. The molecule has 1 saturated carbocycles. The van der Waals surface area contributed by atoms with E-state index in [0.717, 1.165) is 31.1 Å². The predicted octanol–water partition coefficient (Wildman–Crippen LogP) is 3.82. The molecule has 1 aliphatic heterocycles. The summed E-state index contributed by atoms with van der Waals surface area (Å²) in [4.78, 5) is 40.4. The maximum Gasteiger partial charge on any atom is 0.225 e. The van der Waals surface area contributed by atoms with Gasteiger partial charge in [0.25, 0.3) is 0 Å². The van der Waals surface area contributed by atoms with Crippen molar-refractivity contribution in [2.24, 2.45) is 17.8 Å². The summed E-state index contributed by atoms with van der Waals surface area (Å²) in [6, 6.07) is 6.84. The topological polar surface area (TPSA) is 106 Å². The van der Waals surface area contributed by atoms with Gasteiger partial charge in [0.15, 0.2) is 11.5 Å². The van der Waals surface area contributed by atoms with Crippen LogP contribution in [0.3, 0.4) is 0 Å². The summed E-state index contributed by atoms with van der Waals surface area (Å²) in [5.74, 6) is 0.569. The molecular weight excluding hydrogens is 553 g/mol. The second-order valence-corrected chi connectivity index (χ2v) is 10.9. The van der Waals surface area contributed by atoms with Gasteiger partial charge < -0.3 is 10.2 Å². The molecule has 2 aliphatic rings. The molecule has 0 spiro atoms. The van der Waals surface area contributed by atoms with E-state index in [1.54, 1.807) is 30.2 Å². The van der Waals surface area contributed by atoms with Gasteiger partial charge in [0, 0.05) is 56.3 Å². The van der Waals surface area contributed by atoms with Crippen LogP contribution < -0.4 is 5.32 Å². The Morgan fingerprint density at radius 1 is 1.18 bits per heavy atom. The molecule has 1 aliphatic carbocycles. The van der Waals surface area contributed by atoms with E-state index in [1.165, 1.54) is 6.07 Å². The van der Waals surface area contributed by atoms with Gasteiger partial charge in [-0.05, 0) is 59.7 Å². The number of fused-ring (bicyclic) bond motifs is 2. The molecule has 38 heavy (non-hydrogen) atoms. The van der Waals surface area contributed by atoms with E-state index >= 15 is 0 Å². The Kier molecular flexibility index (Phi) is 6.55. The van der Waals surface area contributed by atoms with Crippen LogP contribution in [0.2, 0.25) is 0 Å². The minimum absolute atomic E-state index is 0.00566. The van der Waals surface area contributed by atoms with Crippen molar-refractivity contribution in [3.63, 3.8) is 0 Å². The summed E-state index contributed by atoms with van der Waals surface area (Å²) in [6.45, 7) is 1.14. The highest BCUT2D eigenvalue weighted by atomic mass is 79.9. The molecule has 1 unspecified atom stereocenters. The molecule has 3 aromatic heterocycles. The highest BCUT2D eigenvalue weighted by Crippen LogP contribution is 2.35. The quantitative estimate of drug-likeness (QED) is 0.385. The molecule has 1 N–H and O–H groups in total. The van der Waals surface area contributed by atoms with Crippen molar-refractivity contribution in [2.75, 3.05) is 20.1 Å². The first-order valence-corrected chi connectivity index (χ1v) is 13.7. The average Bonchev–Trinajstić information content (AvgIpc) is 3.67. The molecule has 3 atom stereocenters. The van der Waals surface area contributed by atoms with Crippen LogP contribution in [-0.4, -0.2) is 61.6 Å². The second-order valence-electron chi connectivity index (χ2n) is 10.2. The molecule has 11 heteroatoms. The van der Waals surface area contributed by atoms with E-state index < -0.39 is 5.82 Å². The molecule has 0 bridgehead atoms. The number of aromatic nitrogens is 5. The van der Waals surface area contributed by atoms with E-state index in [-0.39, 0.29) is 23.7 Å². The number of carbonyl (C=O) groups is 2. The Morgan fingerprint density at radius 2 is 2.05 bits per heavy atom. The fourth-order valence-electron chi connectivity index (χ4n) is 5.82. The Labute approximate surface area is 227 Å². The maximum absolute atomic E-state index is 14.8. The molecule has 0 radical (unpaired) electrons. The van der Waals surface area contributed by atoms with Gasteiger partial charge in [-0.1, -0.05) is 6.07 Å². The Bertz CT molecular complexity index is 1560. The Balaban J connectivity index is 1.19. The molecule has 1 saturated heterocycles. The highest BCUT2D eigenvalue weighted by Gasteiger charge is 2.37. The Hall–Kier alpha value is -3.47. The number of nitrogens with one attached hydrogen (secondary N) is 1. The normalized spacial score (nSPS) is 21.4. The summed E-state index contributed by atoms with van der Waals surface area (Å²) in [5, 5.41) is 8.65. The molecular formula is C27H27BrFN7O2. The zero-order chi connectivity index (χ0) is 26.4. The zero-order valence-corrected chi connectivity index (χ0v) is 22.5. The standard InChI is InChI=1S/C27H27BrFN7O2/c1-30-26(37)18-6-8-35(14-18)27(38)17-5-4-15(9-17)10-22-32-13-20-24(28)34-36(25(20)33-22)19-11-16-3-2-7-31-23(16)21(29)12-19/h2-3,7,11-13,15,17-18H,4-6,8-10,14H2,1H3,(H,30,37)/t15-,17-,18?/m1/s1. The number of nitrogens with zero attached hydrogens (tertiary/aromatic N) is 6. The van der Waals surface area contributed by atoms with Crippen molar-refractivity contribution in [2.45, 2.75) is 32.1 Å². The third-order valence-electron chi connectivity index (χ3n) is 7.80. The van der Waals surface area contributed by atoms with Crippen molar-refractivity contribution in [3.05, 3.63) is 52.9 Å². The summed E-state index contributed by atoms with van der Waals surface area (Å²) in [6.07, 6.45) is 7.23. The van der Waals surface area contributed by atoms with Gasteiger partial charge in [-0.15, -0.1) is 0 Å². The van der Waals surface area contributed by atoms with Gasteiger partial charge in [0.2, 0.25) is 11.8 Å². The third kappa shape index (κ3) is 4.53. The van der Waals surface area contributed by atoms with E-state index in [4.69, 9.17) is 4.98 Å². The first-order valence-electron chi connectivity index (χ1n) is 12.9. The molecule has 1 aromatic carbocycles. The number of amides is 2.